The quantitative estimate of drug-likeness (QED) is 0.783. The molecule has 21 heavy (non-hydrogen) atoms. The van der Waals surface area contributed by atoms with Gasteiger partial charge in [-0.15, -0.1) is 5.10 Å². The highest BCUT2D eigenvalue weighted by atomic mass is 35.5. The Morgan fingerprint density at radius 1 is 1.38 bits per heavy atom. The smallest absolute Gasteiger partial charge is 0.295 e. The zero-order chi connectivity index (χ0) is 15.6. The first-order chi connectivity index (χ1) is 9.74. The number of benzene rings is 1. The Labute approximate surface area is 126 Å². The predicted molar refractivity (Wildman–Crippen MR) is 79.0 cm³/mol. The Bertz CT molecular complexity index is 787. The zero-order valence-corrected chi connectivity index (χ0v) is 12.7. The molecule has 0 aliphatic heterocycles. The topological polar surface area (TPSA) is 117 Å². The molecule has 0 aliphatic rings. The third-order valence-electron chi connectivity index (χ3n) is 2.32. The summed E-state index contributed by atoms with van der Waals surface area (Å²) < 4.78 is 24.7. The van der Waals surface area contributed by atoms with E-state index in [-0.39, 0.29) is 22.2 Å². The number of carbonyl (C=O) groups excluding carboxylic acids is 1. The van der Waals surface area contributed by atoms with Crippen LogP contribution in [0.15, 0.2) is 18.2 Å². The van der Waals surface area contributed by atoms with Crippen molar-refractivity contribution in [2.45, 2.75) is 6.92 Å². The molecule has 1 aromatic heterocycles. The normalized spacial score (nSPS) is 11.2. The molecule has 3 N–H and O–H groups in total. The van der Waals surface area contributed by atoms with Crippen molar-refractivity contribution < 1.29 is 13.2 Å². The lowest BCUT2D eigenvalue weighted by Crippen LogP contribution is -2.15. The van der Waals surface area contributed by atoms with Gasteiger partial charge in [-0.25, -0.2) is 13.4 Å². The number of aromatic nitrogens is 3. The van der Waals surface area contributed by atoms with Gasteiger partial charge in [0, 0.05) is 0 Å². The molecule has 1 heterocycles. The average Bonchev–Trinajstić information content (AvgIpc) is 2.78. The Hall–Kier alpha value is -2.13. The van der Waals surface area contributed by atoms with Crippen LogP contribution in [0, 0.1) is 6.92 Å². The van der Waals surface area contributed by atoms with E-state index in [0.717, 1.165) is 6.26 Å². The molecule has 0 atom stereocenters. The van der Waals surface area contributed by atoms with Gasteiger partial charge in [0.25, 0.3) is 5.91 Å². The SMILES string of the molecule is Cc1nc(C(=O)Nc2cc(NS(C)(=O)=O)ccc2Cl)n[nH]1. The van der Waals surface area contributed by atoms with Crippen molar-refractivity contribution in [3.05, 3.63) is 34.9 Å². The van der Waals surface area contributed by atoms with Gasteiger partial charge < -0.3 is 5.32 Å². The number of amides is 1. The summed E-state index contributed by atoms with van der Waals surface area (Å²) in [4.78, 5) is 15.8. The number of anilines is 2. The molecule has 2 rings (SSSR count). The van der Waals surface area contributed by atoms with Gasteiger partial charge in [0.1, 0.15) is 5.82 Å². The van der Waals surface area contributed by atoms with Gasteiger partial charge in [0.15, 0.2) is 0 Å². The van der Waals surface area contributed by atoms with Crippen molar-refractivity contribution in [1.29, 1.82) is 0 Å². The number of aromatic amines is 1. The highest BCUT2D eigenvalue weighted by Crippen LogP contribution is 2.26. The number of aryl methyl sites for hydroxylation is 1. The summed E-state index contributed by atoms with van der Waals surface area (Å²) in [5.41, 5.74) is 0.529. The number of nitrogens with zero attached hydrogens (tertiary/aromatic N) is 2. The van der Waals surface area contributed by atoms with Crippen molar-refractivity contribution in [3.8, 4) is 0 Å². The van der Waals surface area contributed by atoms with Gasteiger partial charge in [-0.3, -0.25) is 14.6 Å². The Morgan fingerprint density at radius 3 is 2.67 bits per heavy atom. The van der Waals surface area contributed by atoms with E-state index in [0.29, 0.717) is 5.82 Å². The first-order valence-corrected chi connectivity index (χ1v) is 7.99. The van der Waals surface area contributed by atoms with Crippen molar-refractivity contribution in [1.82, 2.24) is 15.2 Å². The molecule has 112 valence electrons. The Balaban J connectivity index is 2.23. The van der Waals surface area contributed by atoms with Crippen LogP contribution in [0.4, 0.5) is 11.4 Å². The lowest BCUT2D eigenvalue weighted by atomic mass is 10.3. The van der Waals surface area contributed by atoms with Gasteiger partial charge in [-0.1, -0.05) is 11.6 Å². The second-order valence-electron chi connectivity index (χ2n) is 4.27. The van der Waals surface area contributed by atoms with E-state index in [1.807, 2.05) is 0 Å². The minimum absolute atomic E-state index is 0.0370. The van der Waals surface area contributed by atoms with E-state index in [1.54, 1.807) is 6.92 Å². The summed E-state index contributed by atoms with van der Waals surface area (Å²) >= 11 is 5.96. The summed E-state index contributed by atoms with van der Waals surface area (Å²) in [5, 5.41) is 9.04. The van der Waals surface area contributed by atoms with E-state index in [1.165, 1.54) is 18.2 Å². The maximum Gasteiger partial charge on any atom is 0.295 e. The maximum absolute atomic E-state index is 11.9. The molecule has 0 spiro atoms. The van der Waals surface area contributed by atoms with Gasteiger partial charge in [0.2, 0.25) is 15.8 Å². The van der Waals surface area contributed by atoms with Crippen LogP contribution in [-0.2, 0) is 10.0 Å². The van der Waals surface area contributed by atoms with Crippen LogP contribution < -0.4 is 10.0 Å². The lowest BCUT2D eigenvalue weighted by molar-refractivity contribution is 0.101. The molecule has 8 nitrogen and oxygen atoms in total. The summed E-state index contributed by atoms with van der Waals surface area (Å²) in [7, 11) is -3.42. The molecule has 0 fully saturated rings. The number of hydrogen-bond acceptors (Lipinski definition) is 5. The van der Waals surface area contributed by atoms with Crippen molar-refractivity contribution >= 4 is 38.9 Å². The average molecular weight is 330 g/mol. The number of rotatable bonds is 4. The summed E-state index contributed by atoms with van der Waals surface area (Å²) in [5.74, 6) is -0.0958. The van der Waals surface area contributed by atoms with Crippen LogP contribution in [-0.4, -0.2) is 35.8 Å². The third kappa shape index (κ3) is 4.17. The fourth-order valence-corrected chi connectivity index (χ4v) is 2.24. The predicted octanol–water partition coefficient (Wildman–Crippen LogP) is 1.39. The minimum Gasteiger partial charge on any atom is -0.318 e. The number of halogens is 1. The molecule has 10 heteroatoms. The summed E-state index contributed by atoms with van der Waals surface area (Å²) in [6.07, 6.45) is 1.02. The third-order valence-corrected chi connectivity index (χ3v) is 3.25. The van der Waals surface area contributed by atoms with Crippen LogP contribution in [0.2, 0.25) is 5.02 Å². The minimum atomic E-state index is -3.42. The zero-order valence-electron chi connectivity index (χ0n) is 11.1. The largest absolute Gasteiger partial charge is 0.318 e. The van der Waals surface area contributed by atoms with Crippen LogP contribution in [0.1, 0.15) is 16.4 Å². The first-order valence-electron chi connectivity index (χ1n) is 5.72. The molecule has 1 aromatic carbocycles. The molecular weight excluding hydrogens is 318 g/mol. The van der Waals surface area contributed by atoms with E-state index in [4.69, 9.17) is 11.6 Å². The van der Waals surface area contributed by atoms with Gasteiger partial charge >= 0.3 is 0 Å². The molecule has 2 aromatic rings. The fourth-order valence-electron chi connectivity index (χ4n) is 1.52. The standard InChI is InChI=1S/C11H12ClN5O3S/c1-6-13-10(16-15-6)11(18)14-9-5-7(3-4-8(9)12)17-21(2,19)20/h3-5,17H,1-2H3,(H,14,18)(H,13,15,16). The van der Waals surface area contributed by atoms with Crippen LogP contribution in [0.3, 0.4) is 0 Å². The Morgan fingerprint density at radius 2 is 2.10 bits per heavy atom. The second kappa shape index (κ2) is 5.70. The number of hydrogen-bond donors (Lipinski definition) is 3. The van der Waals surface area contributed by atoms with Crippen LogP contribution in [0.5, 0.6) is 0 Å². The molecule has 0 radical (unpaired) electrons. The molecule has 0 bridgehead atoms. The molecule has 0 saturated heterocycles. The molecule has 0 unspecified atom stereocenters. The Kier molecular flexibility index (Phi) is 4.14. The monoisotopic (exact) mass is 329 g/mol. The van der Waals surface area contributed by atoms with E-state index in [2.05, 4.69) is 25.2 Å². The van der Waals surface area contributed by atoms with Crippen LogP contribution in [0.25, 0.3) is 0 Å². The number of H-pyrrole nitrogens is 1. The van der Waals surface area contributed by atoms with Crippen molar-refractivity contribution in [2.75, 3.05) is 16.3 Å². The van der Waals surface area contributed by atoms with Gasteiger partial charge in [0.05, 0.1) is 22.7 Å². The highest BCUT2D eigenvalue weighted by molar-refractivity contribution is 7.92. The second-order valence-corrected chi connectivity index (χ2v) is 6.42. The first kappa shape index (κ1) is 15.3. The molecule has 0 saturated carbocycles. The molecule has 1 amide bonds. The van der Waals surface area contributed by atoms with Crippen molar-refractivity contribution in [2.24, 2.45) is 0 Å². The summed E-state index contributed by atoms with van der Waals surface area (Å²) in [6, 6.07) is 4.35. The van der Waals surface area contributed by atoms with E-state index in [9.17, 15) is 13.2 Å². The lowest BCUT2D eigenvalue weighted by Gasteiger charge is -2.09. The molecule has 0 aliphatic carbocycles. The number of nitrogens with one attached hydrogen (secondary N) is 3. The van der Waals surface area contributed by atoms with Crippen LogP contribution >= 0.6 is 11.6 Å². The van der Waals surface area contributed by atoms with E-state index < -0.39 is 15.9 Å². The summed E-state index contributed by atoms with van der Waals surface area (Å²) in [6.45, 7) is 1.66. The number of carbonyl (C=O) groups is 1. The maximum atomic E-state index is 11.9. The highest BCUT2D eigenvalue weighted by Gasteiger charge is 2.14. The molecular formula is C11H12ClN5O3S. The number of sulfonamides is 1. The van der Waals surface area contributed by atoms with E-state index >= 15 is 0 Å². The fraction of sp³-hybridized carbons (Fsp3) is 0.182. The van der Waals surface area contributed by atoms with Gasteiger partial charge in [-0.05, 0) is 25.1 Å². The van der Waals surface area contributed by atoms with Gasteiger partial charge in [-0.2, -0.15) is 0 Å². The van der Waals surface area contributed by atoms with Crippen molar-refractivity contribution in [3.63, 3.8) is 0 Å².